The van der Waals surface area contributed by atoms with Gasteiger partial charge in [0.2, 0.25) is 0 Å². The molecule has 1 rings (SSSR count). The van der Waals surface area contributed by atoms with Gasteiger partial charge in [-0.15, -0.1) is 0 Å². The molecule has 86 valence electrons. The summed E-state index contributed by atoms with van der Waals surface area (Å²) in [6, 6.07) is 6.95. The van der Waals surface area contributed by atoms with Crippen molar-refractivity contribution < 1.29 is 19.0 Å². The minimum atomic E-state index is -0.421. The quantitative estimate of drug-likeness (QED) is 0.544. The molecule has 0 aliphatic heterocycles. The van der Waals surface area contributed by atoms with Gasteiger partial charge in [0.1, 0.15) is 18.1 Å². The highest BCUT2D eigenvalue weighted by Gasteiger charge is 2.02. The summed E-state index contributed by atoms with van der Waals surface area (Å²) in [4.78, 5) is 11.1. The van der Waals surface area contributed by atoms with Crippen LogP contribution in [-0.4, -0.2) is 26.3 Å². The van der Waals surface area contributed by atoms with E-state index in [2.05, 4.69) is 6.58 Å². The highest BCUT2D eigenvalue weighted by molar-refractivity contribution is 5.71. The number of methoxy groups -OCH3 is 1. The summed E-state index contributed by atoms with van der Waals surface area (Å²) in [5, 5.41) is 0. The standard InChI is InChI=1S/C12H14O4/c1-3-8-15-12(13)9-16-11-6-4-10(14-2)5-7-11/h3-7H,1,8-9H2,2H3. The smallest absolute Gasteiger partial charge is 0.344 e. The summed E-state index contributed by atoms with van der Waals surface area (Å²) in [5.74, 6) is 0.911. The molecule has 4 nitrogen and oxygen atoms in total. The molecule has 4 heteroatoms. The molecule has 0 aliphatic carbocycles. The van der Waals surface area contributed by atoms with Gasteiger partial charge in [-0.25, -0.2) is 4.79 Å². The van der Waals surface area contributed by atoms with Gasteiger partial charge in [-0.3, -0.25) is 0 Å². The zero-order valence-electron chi connectivity index (χ0n) is 9.14. The number of hydrogen-bond donors (Lipinski definition) is 0. The predicted molar refractivity (Wildman–Crippen MR) is 59.6 cm³/mol. The summed E-state index contributed by atoms with van der Waals surface area (Å²) in [6.07, 6.45) is 1.51. The topological polar surface area (TPSA) is 44.8 Å². The first-order chi connectivity index (χ1) is 7.76. The minimum Gasteiger partial charge on any atom is -0.497 e. The molecular formula is C12H14O4. The van der Waals surface area contributed by atoms with Gasteiger partial charge >= 0.3 is 5.97 Å². The monoisotopic (exact) mass is 222 g/mol. The molecule has 0 saturated carbocycles. The van der Waals surface area contributed by atoms with Crippen LogP contribution in [0, 0.1) is 0 Å². The molecule has 0 unspecified atom stereocenters. The average molecular weight is 222 g/mol. The lowest BCUT2D eigenvalue weighted by atomic mass is 10.3. The van der Waals surface area contributed by atoms with E-state index in [4.69, 9.17) is 14.2 Å². The van der Waals surface area contributed by atoms with E-state index in [1.165, 1.54) is 6.08 Å². The third kappa shape index (κ3) is 4.04. The van der Waals surface area contributed by atoms with Crippen molar-refractivity contribution in [2.75, 3.05) is 20.3 Å². The average Bonchev–Trinajstić information content (AvgIpc) is 2.34. The molecule has 0 fully saturated rings. The van der Waals surface area contributed by atoms with Crippen molar-refractivity contribution in [2.24, 2.45) is 0 Å². The van der Waals surface area contributed by atoms with Gasteiger partial charge in [0.25, 0.3) is 0 Å². The molecule has 0 aromatic heterocycles. The van der Waals surface area contributed by atoms with Crippen molar-refractivity contribution in [3.63, 3.8) is 0 Å². The molecule has 1 aromatic carbocycles. The summed E-state index contributed by atoms with van der Waals surface area (Å²) >= 11 is 0. The van der Waals surface area contributed by atoms with E-state index in [-0.39, 0.29) is 13.2 Å². The lowest BCUT2D eigenvalue weighted by Crippen LogP contribution is -2.14. The van der Waals surface area contributed by atoms with Crippen molar-refractivity contribution >= 4 is 5.97 Å². The molecule has 0 N–H and O–H groups in total. The number of carbonyl (C=O) groups is 1. The fraction of sp³-hybridized carbons (Fsp3) is 0.250. The Kier molecular flexibility index (Phi) is 4.92. The Morgan fingerprint density at radius 3 is 2.50 bits per heavy atom. The van der Waals surface area contributed by atoms with Crippen LogP contribution in [0.2, 0.25) is 0 Å². The van der Waals surface area contributed by atoms with Gasteiger partial charge in [-0.05, 0) is 24.3 Å². The molecule has 0 heterocycles. The number of esters is 1. The van der Waals surface area contributed by atoms with Crippen LogP contribution >= 0.6 is 0 Å². The van der Waals surface area contributed by atoms with Gasteiger partial charge in [-0.1, -0.05) is 12.7 Å². The minimum absolute atomic E-state index is 0.111. The predicted octanol–water partition coefficient (Wildman–Crippen LogP) is 1.80. The van der Waals surface area contributed by atoms with Crippen LogP contribution < -0.4 is 9.47 Å². The van der Waals surface area contributed by atoms with Crippen LogP contribution in [-0.2, 0) is 9.53 Å². The normalized spacial score (nSPS) is 9.31. The largest absolute Gasteiger partial charge is 0.497 e. The molecule has 0 aliphatic rings. The SMILES string of the molecule is C=CCOC(=O)COc1ccc(OC)cc1. The van der Waals surface area contributed by atoms with Gasteiger partial charge in [0.15, 0.2) is 6.61 Å². The van der Waals surface area contributed by atoms with Crippen LogP contribution in [0.25, 0.3) is 0 Å². The maximum Gasteiger partial charge on any atom is 0.344 e. The Morgan fingerprint density at radius 1 is 1.31 bits per heavy atom. The lowest BCUT2D eigenvalue weighted by Gasteiger charge is -2.06. The van der Waals surface area contributed by atoms with Crippen molar-refractivity contribution in [3.05, 3.63) is 36.9 Å². The molecule has 0 radical (unpaired) electrons. The van der Waals surface area contributed by atoms with Gasteiger partial charge in [-0.2, -0.15) is 0 Å². The maximum atomic E-state index is 11.1. The van der Waals surface area contributed by atoms with Gasteiger partial charge < -0.3 is 14.2 Å². The summed E-state index contributed by atoms with van der Waals surface area (Å²) in [5.41, 5.74) is 0. The van der Waals surface area contributed by atoms with Crippen LogP contribution in [0.15, 0.2) is 36.9 Å². The summed E-state index contributed by atoms with van der Waals surface area (Å²) < 4.78 is 14.9. The van der Waals surface area contributed by atoms with E-state index < -0.39 is 5.97 Å². The number of benzene rings is 1. The van der Waals surface area contributed by atoms with Crippen LogP contribution in [0.3, 0.4) is 0 Å². The Bertz CT molecular complexity index is 343. The summed E-state index contributed by atoms with van der Waals surface area (Å²) in [6.45, 7) is 3.53. The molecule has 0 atom stereocenters. The Hall–Kier alpha value is -1.97. The molecule has 0 spiro atoms. The van der Waals surface area contributed by atoms with Crippen molar-refractivity contribution in [3.8, 4) is 11.5 Å². The molecular weight excluding hydrogens is 208 g/mol. The van der Waals surface area contributed by atoms with E-state index in [1.54, 1.807) is 31.4 Å². The van der Waals surface area contributed by atoms with Gasteiger partial charge in [0.05, 0.1) is 7.11 Å². The number of carbonyl (C=O) groups excluding carboxylic acids is 1. The fourth-order valence-electron chi connectivity index (χ4n) is 1.01. The second-order valence-corrected chi connectivity index (χ2v) is 2.94. The Labute approximate surface area is 94.4 Å². The van der Waals surface area contributed by atoms with E-state index in [0.29, 0.717) is 5.75 Å². The zero-order valence-corrected chi connectivity index (χ0v) is 9.14. The third-order valence-corrected chi connectivity index (χ3v) is 1.78. The molecule has 0 amide bonds. The first-order valence-corrected chi connectivity index (χ1v) is 4.79. The zero-order chi connectivity index (χ0) is 11.8. The van der Waals surface area contributed by atoms with E-state index in [1.807, 2.05) is 0 Å². The fourth-order valence-corrected chi connectivity index (χ4v) is 1.01. The molecule has 0 saturated heterocycles. The van der Waals surface area contributed by atoms with Crippen LogP contribution in [0.1, 0.15) is 0 Å². The highest BCUT2D eigenvalue weighted by Crippen LogP contribution is 2.16. The third-order valence-electron chi connectivity index (χ3n) is 1.78. The Balaban J connectivity index is 2.36. The first kappa shape index (κ1) is 12.1. The number of ether oxygens (including phenoxy) is 3. The molecule has 1 aromatic rings. The number of hydrogen-bond acceptors (Lipinski definition) is 4. The Morgan fingerprint density at radius 2 is 1.94 bits per heavy atom. The van der Waals surface area contributed by atoms with E-state index >= 15 is 0 Å². The van der Waals surface area contributed by atoms with E-state index in [9.17, 15) is 4.79 Å². The summed E-state index contributed by atoms with van der Waals surface area (Å²) in [7, 11) is 1.59. The highest BCUT2D eigenvalue weighted by atomic mass is 16.6. The second kappa shape index (κ2) is 6.50. The van der Waals surface area contributed by atoms with Crippen molar-refractivity contribution in [1.82, 2.24) is 0 Å². The maximum absolute atomic E-state index is 11.1. The van der Waals surface area contributed by atoms with Crippen molar-refractivity contribution in [1.29, 1.82) is 0 Å². The second-order valence-electron chi connectivity index (χ2n) is 2.94. The first-order valence-electron chi connectivity index (χ1n) is 4.79. The van der Waals surface area contributed by atoms with Crippen LogP contribution in [0.4, 0.5) is 0 Å². The molecule has 16 heavy (non-hydrogen) atoms. The number of rotatable bonds is 6. The lowest BCUT2D eigenvalue weighted by molar-refractivity contribution is -0.144. The van der Waals surface area contributed by atoms with Crippen molar-refractivity contribution in [2.45, 2.75) is 0 Å². The molecule has 0 bridgehead atoms. The van der Waals surface area contributed by atoms with Gasteiger partial charge in [0, 0.05) is 0 Å². The van der Waals surface area contributed by atoms with Crippen LogP contribution in [0.5, 0.6) is 11.5 Å². The van der Waals surface area contributed by atoms with E-state index in [0.717, 1.165) is 5.75 Å².